The first kappa shape index (κ1) is 15.7. The van der Waals surface area contributed by atoms with Crippen molar-refractivity contribution in [3.63, 3.8) is 0 Å². The quantitative estimate of drug-likeness (QED) is 0.832. The van der Waals surface area contributed by atoms with Gasteiger partial charge in [0.1, 0.15) is 6.10 Å². The molecule has 2 aliphatic rings. The summed E-state index contributed by atoms with van der Waals surface area (Å²) in [5.74, 6) is 0.679. The van der Waals surface area contributed by atoms with Crippen LogP contribution in [0.4, 0.5) is 5.95 Å². The maximum Gasteiger partial charge on any atom is 0.253 e. The molecule has 3 rings (SSSR count). The highest BCUT2D eigenvalue weighted by atomic mass is 16.5. The van der Waals surface area contributed by atoms with Gasteiger partial charge in [0.05, 0.1) is 37.3 Å². The van der Waals surface area contributed by atoms with E-state index in [1.54, 1.807) is 12.5 Å². The molecule has 1 fully saturated rings. The number of nitrogens with zero attached hydrogens (tertiary/aromatic N) is 4. The summed E-state index contributed by atoms with van der Waals surface area (Å²) in [7, 11) is 3.79. The molecule has 0 spiro atoms. The molecule has 0 bridgehead atoms. The number of morpholine rings is 1. The van der Waals surface area contributed by atoms with Crippen molar-refractivity contribution >= 4 is 11.9 Å². The third-order valence-electron chi connectivity index (χ3n) is 3.96. The third-order valence-corrected chi connectivity index (χ3v) is 3.96. The Kier molecular flexibility index (Phi) is 4.76. The second kappa shape index (κ2) is 6.95. The number of rotatable bonds is 3. The van der Waals surface area contributed by atoms with E-state index in [1.165, 1.54) is 0 Å². The van der Waals surface area contributed by atoms with E-state index in [-0.39, 0.29) is 12.0 Å². The molecule has 1 aromatic rings. The van der Waals surface area contributed by atoms with Crippen LogP contribution in [0.15, 0.2) is 24.1 Å². The first-order valence-corrected chi connectivity index (χ1v) is 7.87. The molecule has 0 saturated carbocycles. The highest BCUT2D eigenvalue weighted by Gasteiger charge is 2.28. The van der Waals surface area contributed by atoms with Gasteiger partial charge < -0.3 is 19.3 Å². The van der Waals surface area contributed by atoms with Crippen molar-refractivity contribution < 1.29 is 14.3 Å². The summed E-state index contributed by atoms with van der Waals surface area (Å²) in [6.07, 6.45) is 4.77. The first-order chi connectivity index (χ1) is 11.1. The number of carbonyl (C=O) groups excluding carboxylic acids is 1. The van der Waals surface area contributed by atoms with Gasteiger partial charge in [0, 0.05) is 26.8 Å². The van der Waals surface area contributed by atoms with E-state index in [0.717, 1.165) is 24.1 Å². The van der Waals surface area contributed by atoms with E-state index in [4.69, 9.17) is 9.47 Å². The molecular weight excluding hydrogens is 296 g/mol. The number of amides is 1. The van der Waals surface area contributed by atoms with Gasteiger partial charge >= 0.3 is 0 Å². The standard InChI is InChI=1S/C16H22N4O3/c1-19(2)16-17-6-5-13(18-16)14-10-20(7-9-23-14)15(21)12-4-3-8-22-11-12/h5-6,11,14H,3-4,7-10H2,1-2H3. The lowest BCUT2D eigenvalue weighted by atomic mass is 10.1. The van der Waals surface area contributed by atoms with Crippen LogP contribution >= 0.6 is 0 Å². The number of carbonyl (C=O) groups is 1. The Bertz CT molecular complexity index is 603. The maximum atomic E-state index is 12.6. The van der Waals surface area contributed by atoms with Crippen LogP contribution in [0.3, 0.4) is 0 Å². The highest BCUT2D eigenvalue weighted by Crippen LogP contribution is 2.24. The molecule has 1 amide bonds. The van der Waals surface area contributed by atoms with Gasteiger partial charge in [0.25, 0.3) is 5.91 Å². The molecule has 1 aromatic heterocycles. The Labute approximate surface area is 135 Å². The SMILES string of the molecule is CN(C)c1nccc(C2CN(C(=O)C3=COCCC3)CCO2)n1. The van der Waals surface area contributed by atoms with Crippen LogP contribution in [-0.2, 0) is 14.3 Å². The Morgan fingerprint density at radius 2 is 2.26 bits per heavy atom. The zero-order valence-corrected chi connectivity index (χ0v) is 13.6. The van der Waals surface area contributed by atoms with E-state index in [1.807, 2.05) is 30.0 Å². The molecule has 1 atom stereocenters. The van der Waals surface area contributed by atoms with Crippen LogP contribution in [0.5, 0.6) is 0 Å². The van der Waals surface area contributed by atoms with E-state index < -0.39 is 0 Å². The summed E-state index contributed by atoms with van der Waals surface area (Å²) in [4.78, 5) is 25.0. The van der Waals surface area contributed by atoms with Crippen molar-refractivity contribution in [1.29, 1.82) is 0 Å². The van der Waals surface area contributed by atoms with Crippen LogP contribution in [-0.4, -0.2) is 61.2 Å². The van der Waals surface area contributed by atoms with E-state index in [0.29, 0.717) is 32.3 Å². The summed E-state index contributed by atoms with van der Waals surface area (Å²) in [6, 6.07) is 1.84. The second-order valence-electron chi connectivity index (χ2n) is 5.90. The number of ether oxygens (including phenoxy) is 2. The molecule has 23 heavy (non-hydrogen) atoms. The number of hydrogen-bond acceptors (Lipinski definition) is 6. The molecule has 0 radical (unpaired) electrons. The topological polar surface area (TPSA) is 67.8 Å². The summed E-state index contributed by atoms with van der Waals surface area (Å²) < 4.78 is 11.1. The zero-order valence-electron chi connectivity index (χ0n) is 13.6. The summed E-state index contributed by atoms with van der Waals surface area (Å²) in [5, 5.41) is 0. The smallest absolute Gasteiger partial charge is 0.253 e. The fraction of sp³-hybridized carbons (Fsp3) is 0.562. The Morgan fingerprint density at radius 1 is 1.39 bits per heavy atom. The van der Waals surface area contributed by atoms with E-state index in [2.05, 4.69) is 9.97 Å². The molecule has 0 aromatic carbocycles. The van der Waals surface area contributed by atoms with Crippen molar-refractivity contribution in [2.45, 2.75) is 18.9 Å². The predicted molar refractivity (Wildman–Crippen MR) is 84.9 cm³/mol. The molecule has 7 heteroatoms. The monoisotopic (exact) mass is 318 g/mol. The van der Waals surface area contributed by atoms with Gasteiger partial charge in [-0.25, -0.2) is 9.97 Å². The van der Waals surface area contributed by atoms with Gasteiger partial charge in [-0.05, 0) is 18.9 Å². The van der Waals surface area contributed by atoms with Crippen LogP contribution in [0.2, 0.25) is 0 Å². The van der Waals surface area contributed by atoms with Crippen molar-refractivity contribution in [3.05, 3.63) is 29.8 Å². The Balaban J connectivity index is 1.72. The van der Waals surface area contributed by atoms with Crippen molar-refractivity contribution in [1.82, 2.24) is 14.9 Å². The van der Waals surface area contributed by atoms with Crippen molar-refractivity contribution in [2.75, 3.05) is 45.3 Å². The highest BCUT2D eigenvalue weighted by molar-refractivity contribution is 5.93. The third kappa shape index (κ3) is 3.61. The van der Waals surface area contributed by atoms with Gasteiger partial charge in [0.15, 0.2) is 0 Å². The second-order valence-corrected chi connectivity index (χ2v) is 5.90. The maximum absolute atomic E-state index is 12.6. The number of aromatic nitrogens is 2. The first-order valence-electron chi connectivity index (χ1n) is 7.87. The van der Waals surface area contributed by atoms with Gasteiger partial charge in [0.2, 0.25) is 5.95 Å². The van der Waals surface area contributed by atoms with Crippen LogP contribution in [0, 0.1) is 0 Å². The summed E-state index contributed by atoms with van der Waals surface area (Å²) >= 11 is 0. The van der Waals surface area contributed by atoms with Crippen molar-refractivity contribution in [2.24, 2.45) is 0 Å². The molecule has 0 aliphatic carbocycles. The summed E-state index contributed by atoms with van der Waals surface area (Å²) in [5.41, 5.74) is 1.55. The minimum atomic E-state index is -0.223. The van der Waals surface area contributed by atoms with Crippen LogP contribution < -0.4 is 4.90 Å². The summed E-state index contributed by atoms with van der Waals surface area (Å²) in [6.45, 7) is 2.29. The molecular formula is C16H22N4O3. The van der Waals surface area contributed by atoms with Crippen LogP contribution in [0.1, 0.15) is 24.6 Å². The van der Waals surface area contributed by atoms with Gasteiger partial charge in [-0.1, -0.05) is 0 Å². The van der Waals surface area contributed by atoms with E-state index >= 15 is 0 Å². The van der Waals surface area contributed by atoms with Crippen molar-refractivity contribution in [3.8, 4) is 0 Å². The average molecular weight is 318 g/mol. The number of anilines is 1. The predicted octanol–water partition coefficient (Wildman–Crippen LogP) is 1.14. The van der Waals surface area contributed by atoms with Crippen LogP contribution in [0.25, 0.3) is 0 Å². The molecule has 2 aliphatic heterocycles. The fourth-order valence-electron chi connectivity index (χ4n) is 2.69. The largest absolute Gasteiger partial charge is 0.501 e. The van der Waals surface area contributed by atoms with Gasteiger partial charge in [-0.15, -0.1) is 0 Å². The lowest BCUT2D eigenvalue weighted by Gasteiger charge is -2.33. The lowest BCUT2D eigenvalue weighted by molar-refractivity contribution is -0.135. The minimum Gasteiger partial charge on any atom is -0.501 e. The molecule has 3 heterocycles. The Morgan fingerprint density at radius 3 is 3.00 bits per heavy atom. The lowest BCUT2D eigenvalue weighted by Crippen LogP contribution is -2.43. The molecule has 7 nitrogen and oxygen atoms in total. The number of hydrogen-bond donors (Lipinski definition) is 0. The normalized spacial score (nSPS) is 21.4. The Hall–Kier alpha value is -2.15. The van der Waals surface area contributed by atoms with Gasteiger partial charge in [-0.2, -0.15) is 0 Å². The van der Waals surface area contributed by atoms with Gasteiger partial charge in [-0.3, -0.25) is 4.79 Å². The molecule has 0 N–H and O–H groups in total. The fourth-order valence-corrected chi connectivity index (χ4v) is 2.69. The molecule has 1 unspecified atom stereocenters. The minimum absolute atomic E-state index is 0.0416. The molecule has 124 valence electrons. The molecule has 1 saturated heterocycles. The average Bonchev–Trinajstić information content (AvgIpc) is 2.62. The van der Waals surface area contributed by atoms with E-state index in [9.17, 15) is 4.79 Å². The zero-order chi connectivity index (χ0) is 16.2.